The zero-order chi connectivity index (χ0) is 12.5. The molecule has 0 unspecified atom stereocenters. The van der Waals surface area contributed by atoms with Gasteiger partial charge < -0.3 is 0 Å². The van der Waals surface area contributed by atoms with Gasteiger partial charge in [-0.1, -0.05) is 30.4 Å². The van der Waals surface area contributed by atoms with Gasteiger partial charge in [-0.3, -0.25) is 10.1 Å². The van der Waals surface area contributed by atoms with Crippen LogP contribution >= 0.6 is 12.2 Å². The van der Waals surface area contributed by atoms with Crippen molar-refractivity contribution < 1.29 is 0 Å². The number of hydrogen-bond donors (Lipinski definition) is 3. The third kappa shape index (κ3) is 1.69. The summed E-state index contributed by atoms with van der Waals surface area (Å²) in [6.07, 6.45) is 1.85. The van der Waals surface area contributed by atoms with E-state index in [4.69, 9.17) is 12.2 Å². The molecule has 6 nitrogen and oxygen atoms in total. The molecule has 0 aliphatic carbocycles. The Labute approximate surface area is 109 Å². The fourth-order valence-corrected chi connectivity index (χ4v) is 2.13. The maximum Gasteiger partial charge on any atom is 0.177 e. The zero-order valence-corrected chi connectivity index (χ0v) is 10.5. The first-order valence-corrected chi connectivity index (χ1v) is 5.86. The van der Waals surface area contributed by atoms with Crippen molar-refractivity contribution in [2.45, 2.75) is 0 Å². The molecular weight excluding hydrogens is 248 g/mol. The highest BCUT2D eigenvalue weighted by molar-refractivity contribution is 7.71. The lowest BCUT2D eigenvalue weighted by molar-refractivity contribution is 0.349. The minimum absolute atomic E-state index is 0.692. The van der Waals surface area contributed by atoms with Gasteiger partial charge in [0.15, 0.2) is 5.84 Å². The van der Waals surface area contributed by atoms with E-state index in [-0.39, 0.29) is 0 Å². The Morgan fingerprint density at radius 2 is 2.00 bits per heavy atom. The quantitative estimate of drug-likeness (QED) is 0.709. The van der Waals surface area contributed by atoms with Gasteiger partial charge in [-0.25, -0.2) is 10.2 Å². The number of H-pyrrole nitrogens is 1. The van der Waals surface area contributed by atoms with Crippen molar-refractivity contribution in [1.82, 2.24) is 25.9 Å². The predicted molar refractivity (Wildman–Crippen MR) is 71.5 cm³/mol. The van der Waals surface area contributed by atoms with Crippen LogP contribution in [0.2, 0.25) is 0 Å². The lowest BCUT2D eigenvalue weighted by Crippen LogP contribution is -2.37. The first kappa shape index (κ1) is 11.0. The number of hydrogen-bond acceptors (Lipinski definition) is 5. The molecule has 1 aromatic carbocycles. The molecule has 2 aromatic rings. The molecular formula is C11H12N6S. The Balaban J connectivity index is 2.07. The average molecular weight is 260 g/mol. The van der Waals surface area contributed by atoms with Crippen LogP contribution in [0.5, 0.6) is 0 Å². The Morgan fingerprint density at radius 3 is 2.67 bits per heavy atom. The summed E-state index contributed by atoms with van der Waals surface area (Å²) in [6, 6.07) is 9.90. The van der Waals surface area contributed by atoms with Crippen molar-refractivity contribution in [3.63, 3.8) is 0 Å². The summed E-state index contributed by atoms with van der Waals surface area (Å²) in [5, 5.41) is 9.05. The van der Waals surface area contributed by atoms with Gasteiger partial charge in [-0.05, 0) is 12.1 Å². The zero-order valence-electron chi connectivity index (χ0n) is 9.71. The van der Waals surface area contributed by atoms with Gasteiger partial charge in [0.25, 0.3) is 0 Å². The molecule has 3 N–H and O–H groups in total. The van der Waals surface area contributed by atoms with Gasteiger partial charge in [-0.2, -0.15) is 0 Å². The molecule has 0 radical (unpaired) electrons. The van der Waals surface area contributed by atoms with Crippen molar-refractivity contribution in [3.05, 3.63) is 46.7 Å². The van der Waals surface area contributed by atoms with Gasteiger partial charge in [0, 0.05) is 13.2 Å². The molecule has 0 amide bonds. The number of nitrogens with one attached hydrogen (secondary N) is 3. The van der Waals surface area contributed by atoms with E-state index in [1.165, 1.54) is 0 Å². The Bertz CT molecular complexity index is 641. The van der Waals surface area contributed by atoms with Gasteiger partial charge in [0.1, 0.15) is 4.64 Å². The molecule has 2 heterocycles. The largest absolute Gasteiger partial charge is 0.299 e. The molecule has 0 saturated heterocycles. The topological polar surface area (TPSA) is 60.4 Å². The van der Waals surface area contributed by atoms with E-state index in [0.717, 1.165) is 17.1 Å². The van der Waals surface area contributed by atoms with E-state index in [0.29, 0.717) is 4.64 Å². The van der Waals surface area contributed by atoms with E-state index in [1.807, 2.05) is 48.3 Å². The molecule has 0 saturated carbocycles. The molecule has 0 fully saturated rings. The summed E-state index contributed by atoms with van der Waals surface area (Å²) in [4.78, 5) is 0. The van der Waals surface area contributed by atoms with Crippen LogP contribution in [0.4, 0.5) is 0 Å². The highest BCUT2D eigenvalue weighted by Gasteiger charge is 2.18. The van der Waals surface area contributed by atoms with Crippen LogP contribution < -0.4 is 11.1 Å². The summed E-state index contributed by atoms with van der Waals surface area (Å²) in [5.74, 6) is 0.755. The number of benzene rings is 1. The summed E-state index contributed by atoms with van der Waals surface area (Å²) in [5.41, 5.74) is 7.41. The third-order valence-electron chi connectivity index (χ3n) is 2.72. The van der Waals surface area contributed by atoms with Crippen molar-refractivity contribution in [3.8, 4) is 5.69 Å². The number of para-hydroxylation sites is 1. The van der Waals surface area contributed by atoms with Crippen LogP contribution in [0, 0.1) is 4.64 Å². The maximum absolute atomic E-state index is 5.47. The molecule has 92 valence electrons. The molecule has 0 spiro atoms. The maximum atomic E-state index is 5.47. The van der Waals surface area contributed by atoms with Crippen LogP contribution in [-0.2, 0) is 0 Å². The van der Waals surface area contributed by atoms with Gasteiger partial charge in [0.2, 0.25) is 0 Å². The van der Waals surface area contributed by atoms with Crippen LogP contribution in [0.15, 0.2) is 41.6 Å². The monoisotopic (exact) mass is 260 g/mol. The van der Waals surface area contributed by atoms with Crippen molar-refractivity contribution in [2.75, 3.05) is 7.05 Å². The molecule has 1 aromatic heterocycles. The van der Waals surface area contributed by atoms with Gasteiger partial charge in [-0.15, -0.1) is 10.6 Å². The lowest BCUT2D eigenvalue weighted by atomic mass is 10.3. The second kappa shape index (κ2) is 4.28. The molecule has 3 rings (SSSR count). The number of hydrazine groups is 2. The molecule has 1 aliphatic rings. The van der Waals surface area contributed by atoms with Crippen molar-refractivity contribution in [1.29, 1.82) is 0 Å². The van der Waals surface area contributed by atoms with E-state index in [9.17, 15) is 0 Å². The fraction of sp³-hybridized carbons (Fsp3) is 0.0909. The normalized spacial score (nSPS) is 14.5. The highest BCUT2D eigenvalue weighted by atomic mass is 32.1. The van der Waals surface area contributed by atoms with E-state index >= 15 is 0 Å². The Hall–Kier alpha value is -2.12. The Morgan fingerprint density at radius 1 is 1.22 bits per heavy atom. The van der Waals surface area contributed by atoms with E-state index < -0.39 is 0 Å². The molecule has 18 heavy (non-hydrogen) atoms. The fourth-order valence-electron chi connectivity index (χ4n) is 1.82. The number of aromatic nitrogens is 2. The number of nitrogens with zero attached hydrogens (tertiary/aromatic N) is 3. The molecule has 1 aliphatic heterocycles. The third-order valence-corrected chi connectivity index (χ3v) is 3.13. The SMILES string of the molecule is CN1NNN=C1c1c[nH]n(-c2ccccc2)c1=S. The summed E-state index contributed by atoms with van der Waals surface area (Å²) in [6.45, 7) is 0. The van der Waals surface area contributed by atoms with E-state index in [1.54, 1.807) is 5.01 Å². The number of hydrazone groups is 1. The minimum atomic E-state index is 0.692. The molecule has 0 bridgehead atoms. The minimum Gasteiger partial charge on any atom is -0.299 e. The molecule has 7 heteroatoms. The molecule has 0 atom stereocenters. The van der Waals surface area contributed by atoms with Gasteiger partial charge >= 0.3 is 0 Å². The van der Waals surface area contributed by atoms with Crippen LogP contribution in [0.25, 0.3) is 5.69 Å². The predicted octanol–water partition coefficient (Wildman–Crippen LogP) is 1.15. The second-order valence-corrected chi connectivity index (χ2v) is 4.27. The smallest absolute Gasteiger partial charge is 0.177 e. The number of amidine groups is 1. The van der Waals surface area contributed by atoms with E-state index in [2.05, 4.69) is 21.3 Å². The van der Waals surface area contributed by atoms with Crippen LogP contribution in [0.3, 0.4) is 0 Å². The standard InChI is InChI=1S/C11H12N6S/c1-16-10(13-14-15-16)9-7-12-17(11(9)18)8-5-3-2-4-6-8/h2-7,12,14-15H,1H3. The highest BCUT2D eigenvalue weighted by Crippen LogP contribution is 2.12. The van der Waals surface area contributed by atoms with Gasteiger partial charge in [0.05, 0.1) is 11.3 Å². The summed E-state index contributed by atoms with van der Waals surface area (Å²) < 4.78 is 2.54. The second-order valence-electron chi connectivity index (χ2n) is 3.88. The number of aromatic amines is 1. The van der Waals surface area contributed by atoms with Crippen molar-refractivity contribution in [2.24, 2.45) is 5.10 Å². The summed E-state index contributed by atoms with van der Waals surface area (Å²) in [7, 11) is 1.87. The van der Waals surface area contributed by atoms with Crippen LogP contribution in [0.1, 0.15) is 5.56 Å². The first-order valence-electron chi connectivity index (χ1n) is 5.45. The first-order chi connectivity index (χ1) is 8.77. The van der Waals surface area contributed by atoms with Crippen LogP contribution in [-0.4, -0.2) is 27.7 Å². The average Bonchev–Trinajstić information content (AvgIpc) is 2.96. The number of rotatable bonds is 2. The lowest BCUT2D eigenvalue weighted by Gasteiger charge is -2.10. The van der Waals surface area contributed by atoms with Crippen molar-refractivity contribution >= 4 is 18.1 Å². The Kier molecular flexibility index (Phi) is 2.62. The summed E-state index contributed by atoms with van der Waals surface area (Å²) >= 11 is 5.47.